The number of nitrogens with two attached hydrogens (primary N) is 1. The van der Waals surface area contributed by atoms with Crippen LogP contribution in [0.3, 0.4) is 0 Å². The van der Waals surface area contributed by atoms with Crippen molar-refractivity contribution in [3.63, 3.8) is 0 Å². The fourth-order valence-electron chi connectivity index (χ4n) is 2.43. The van der Waals surface area contributed by atoms with Crippen molar-refractivity contribution in [1.82, 2.24) is 5.32 Å². The van der Waals surface area contributed by atoms with Gasteiger partial charge in [-0.05, 0) is 30.9 Å². The predicted molar refractivity (Wildman–Crippen MR) is 74.6 cm³/mol. The van der Waals surface area contributed by atoms with Gasteiger partial charge in [-0.15, -0.1) is 0 Å². The quantitative estimate of drug-likeness (QED) is 0.861. The average Bonchev–Trinajstić information content (AvgIpc) is 2.39. The molecular weight excluding hydrogens is 240 g/mol. The van der Waals surface area contributed by atoms with E-state index in [0.717, 1.165) is 37.2 Å². The maximum Gasteiger partial charge on any atom is 0.224 e. The van der Waals surface area contributed by atoms with Crippen LogP contribution < -0.4 is 11.1 Å². The van der Waals surface area contributed by atoms with Crippen LogP contribution in [-0.4, -0.2) is 24.7 Å². The molecule has 0 bridgehead atoms. The highest BCUT2D eigenvalue weighted by molar-refractivity contribution is 5.79. The summed E-state index contributed by atoms with van der Waals surface area (Å²) < 4.78 is 5.33. The van der Waals surface area contributed by atoms with E-state index in [1.807, 2.05) is 24.3 Å². The maximum atomic E-state index is 12.2. The molecule has 1 aromatic rings. The van der Waals surface area contributed by atoms with Gasteiger partial charge in [0.05, 0.1) is 6.42 Å². The Morgan fingerprint density at radius 3 is 2.58 bits per heavy atom. The minimum Gasteiger partial charge on any atom is -0.381 e. The first-order valence-corrected chi connectivity index (χ1v) is 6.78. The molecule has 19 heavy (non-hydrogen) atoms. The lowest BCUT2D eigenvalue weighted by molar-refractivity contribution is -0.123. The van der Waals surface area contributed by atoms with E-state index in [-0.39, 0.29) is 11.4 Å². The first-order valence-electron chi connectivity index (χ1n) is 6.78. The SMILES string of the molecule is CC1(NC(=O)Cc2ccccc2CN)CCOCC1. The molecule has 1 aliphatic heterocycles. The van der Waals surface area contributed by atoms with Crippen LogP contribution in [0.15, 0.2) is 24.3 Å². The average molecular weight is 262 g/mol. The number of carbonyl (C=O) groups excluding carboxylic acids is 1. The van der Waals surface area contributed by atoms with E-state index in [9.17, 15) is 4.79 Å². The van der Waals surface area contributed by atoms with Crippen molar-refractivity contribution >= 4 is 5.91 Å². The first-order chi connectivity index (χ1) is 9.13. The molecule has 4 heteroatoms. The summed E-state index contributed by atoms with van der Waals surface area (Å²) in [6.07, 6.45) is 2.14. The van der Waals surface area contributed by atoms with Crippen LogP contribution in [0.1, 0.15) is 30.9 Å². The third-order valence-corrected chi connectivity index (χ3v) is 3.73. The van der Waals surface area contributed by atoms with Gasteiger partial charge in [0.15, 0.2) is 0 Å². The van der Waals surface area contributed by atoms with E-state index in [1.54, 1.807) is 0 Å². The molecule has 104 valence electrons. The molecule has 1 saturated heterocycles. The number of nitrogens with one attached hydrogen (secondary N) is 1. The summed E-state index contributed by atoms with van der Waals surface area (Å²) >= 11 is 0. The van der Waals surface area contributed by atoms with Crippen LogP contribution in [0, 0.1) is 0 Å². The number of amides is 1. The van der Waals surface area contributed by atoms with Gasteiger partial charge < -0.3 is 15.8 Å². The van der Waals surface area contributed by atoms with Crippen molar-refractivity contribution in [2.75, 3.05) is 13.2 Å². The second-order valence-electron chi connectivity index (χ2n) is 5.37. The minimum atomic E-state index is -0.132. The van der Waals surface area contributed by atoms with Crippen LogP contribution >= 0.6 is 0 Å². The van der Waals surface area contributed by atoms with E-state index in [4.69, 9.17) is 10.5 Å². The van der Waals surface area contributed by atoms with Gasteiger partial charge in [0.1, 0.15) is 0 Å². The summed E-state index contributed by atoms with van der Waals surface area (Å²) in [7, 11) is 0. The van der Waals surface area contributed by atoms with Crippen molar-refractivity contribution in [1.29, 1.82) is 0 Å². The molecule has 1 fully saturated rings. The molecule has 0 atom stereocenters. The topological polar surface area (TPSA) is 64.4 Å². The fraction of sp³-hybridized carbons (Fsp3) is 0.533. The summed E-state index contributed by atoms with van der Waals surface area (Å²) in [4.78, 5) is 12.2. The molecule has 4 nitrogen and oxygen atoms in total. The molecule has 2 rings (SSSR count). The van der Waals surface area contributed by atoms with Gasteiger partial charge in [0, 0.05) is 25.3 Å². The lowest BCUT2D eigenvalue weighted by atomic mass is 9.92. The van der Waals surface area contributed by atoms with Gasteiger partial charge >= 0.3 is 0 Å². The number of ether oxygens (including phenoxy) is 1. The summed E-state index contributed by atoms with van der Waals surface area (Å²) in [6.45, 7) is 3.99. The second kappa shape index (κ2) is 6.17. The monoisotopic (exact) mass is 262 g/mol. The van der Waals surface area contributed by atoms with Crippen molar-refractivity contribution < 1.29 is 9.53 Å². The number of hydrogen-bond donors (Lipinski definition) is 2. The Bertz CT molecular complexity index is 440. The van der Waals surface area contributed by atoms with Gasteiger partial charge in [-0.1, -0.05) is 24.3 Å². The van der Waals surface area contributed by atoms with E-state index < -0.39 is 0 Å². The van der Waals surface area contributed by atoms with E-state index in [0.29, 0.717) is 13.0 Å². The van der Waals surface area contributed by atoms with Crippen LogP contribution in [0.5, 0.6) is 0 Å². The Balaban J connectivity index is 1.97. The standard InChI is InChI=1S/C15H22N2O2/c1-15(6-8-19-9-7-15)17-14(18)10-12-4-2-3-5-13(12)11-16/h2-5H,6-11,16H2,1H3,(H,17,18). The summed E-state index contributed by atoms with van der Waals surface area (Å²) in [5.74, 6) is 0.0605. The third kappa shape index (κ3) is 3.78. The Morgan fingerprint density at radius 2 is 1.95 bits per heavy atom. The zero-order valence-electron chi connectivity index (χ0n) is 11.4. The Labute approximate surface area is 114 Å². The fourth-order valence-corrected chi connectivity index (χ4v) is 2.43. The molecule has 0 aromatic heterocycles. The van der Waals surface area contributed by atoms with Gasteiger partial charge in [0.2, 0.25) is 5.91 Å². The molecule has 0 radical (unpaired) electrons. The predicted octanol–water partition coefficient (Wildman–Crippen LogP) is 1.37. The Morgan fingerprint density at radius 1 is 1.32 bits per heavy atom. The van der Waals surface area contributed by atoms with E-state index in [2.05, 4.69) is 12.2 Å². The lowest BCUT2D eigenvalue weighted by Crippen LogP contribution is -2.50. The highest BCUT2D eigenvalue weighted by atomic mass is 16.5. The largest absolute Gasteiger partial charge is 0.381 e. The van der Waals surface area contributed by atoms with E-state index >= 15 is 0 Å². The van der Waals surface area contributed by atoms with Crippen LogP contribution in [0.2, 0.25) is 0 Å². The molecule has 3 N–H and O–H groups in total. The van der Waals surface area contributed by atoms with Gasteiger partial charge in [0.25, 0.3) is 0 Å². The minimum absolute atomic E-state index is 0.0605. The molecule has 1 amide bonds. The molecule has 0 unspecified atom stereocenters. The highest BCUT2D eigenvalue weighted by Crippen LogP contribution is 2.20. The molecular formula is C15H22N2O2. The second-order valence-corrected chi connectivity index (χ2v) is 5.37. The van der Waals surface area contributed by atoms with E-state index in [1.165, 1.54) is 0 Å². The molecule has 1 aromatic carbocycles. The Kier molecular flexibility index (Phi) is 4.56. The highest BCUT2D eigenvalue weighted by Gasteiger charge is 2.28. The van der Waals surface area contributed by atoms with Gasteiger partial charge in [-0.2, -0.15) is 0 Å². The Hall–Kier alpha value is -1.39. The van der Waals surface area contributed by atoms with Crippen molar-refractivity contribution in [3.05, 3.63) is 35.4 Å². The number of benzene rings is 1. The first kappa shape index (κ1) is 14.0. The van der Waals surface area contributed by atoms with Gasteiger partial charge in [-0.3, -0.25) is 4.79 Å². The van der Waals surface area contributed by atoms with Gasteiger partial charge in [-0.25, -0.2) is 0 Å². The van der Waals surface area contributed by atoms with Crippen LogP contribution in [-0.2, 0) is 22.5 Å². The maximum absolute atomic E-state index is 12.2. The molecule has 0 saturated carbocycles. The van der Waals surface area contributed by atoms with Crippen molar-refractivity contribution in [2.24, 2.45) is 5.73 Å². The molecule has 0 aliphatic carbocycles. The van der Waals surface area contributed by atoms with Crippen LogP contribution in [0.4, 0.5) is 0 Å². The lowest BCUT2D eigenvalue weighted by Gasteiger charge is -2.34. The normalized spacial score (nSPS) is 18.0. The van der Waals surface area contributed by atoms with Crippen LogP contribution in [0.25, 0.3) is 0 Å². The zero-order chi connectivity index (χ0) is 13.7. The molecule has 1 aliphatic rings. The number of hydrogen-bond acceptors (Lipinski definition) is 3. The third-order valence-electron chi connectivity index (χ3n) is 3.73. The summed E-state index contributed by atoms with van der Waals surface area (Å²) in [6, 6.07) is 7.83. The number of carbonyl (C=O) groups is 1. The molecule has 1 heterocycles. The van der Waals surface area contributed by atoms with Crippen molar-refractivity contribution in [3.8, 4) is 0 Å². The summed E-state index contributed by atoms with van der Waals surface area (Å²) in [5.41, 5.74) is 7.61. The summed E-state index contributed by atoms with van der Waals surface area (Å²) in [5, 5.41) is 3.14. The molecule has 0 spiro atoms. The smallest absolute Gasteiger partial charge is 0.224 e. The number of rotatable bonds is 4. The van der Waals surface area contributed by atoms with Crippen molar-refractivity contribution in [2.45, 2.75) is 38.3 Å². The zero-order valence-corrected chi connectivity index (χ0v) is 11.4.